The van der Waals surface area contributed by atoms with E-state index >= 15 is 0 Å². The van der Waals surface area contributed by atoms with Gasteiger partial charge in [0.2, 0.25) is 5.95 Å². The molecule has 2 fully saturated rings. The van der Waals surface area contributed by atoms with Crippen molar-refractivity contribution in [3.05, 3.63) is 46.7 Å². The highest BCUT2D eigenvalue weighted by molar-refractivity contribution is 6.32. The highest BCUT2D eigenvalue weighted by Crippen LogP contribution is 2.35. The van der Waals surface area contributed by atoms with Crippen LogP contribution in [-0.2, 0) is 12.8 Å². The standard InChI is InChI=1S/C28H39ClN4O3/c1-5-20-18-30-26(31-19-20)32-12-8-23(9-13-32)36-25-7-6-22(17-24(25)29)16-21-10-14-33(15-11-21,27(34)35)28(2,3)4/h6-7,17-19,21,23H,5,8-16H2,1-4H3. The van der Waals surface area contributed by atoms with Crippen LogP contribution in [0, 0.1) is 5.92 Å². The topological polar surface area (TPSA) is 78.4 Å². The van der Waals surface area contributed by atoms with E-state index in [1.54, 1.807) is 0 Å². The third kappa shape index (κ3) is 5.78. The second-order valence-electron chi connectivity index (χ2n) is 11.3. The maximum Gasteiger partial charge on any atom is 0.257 e. The molecule has 1 aromatic heterocycles. The van der Waals surface area contributed by atoms with E-state index in [1.807, 2.05) is 45.3 Å². The average molecular weight is 515 g/mol. The van der Waals surface area contributed by atoms with Crippen LogP contribution in [0.4, 0.5) is 10.7 Å². The average Bonchev–Trinajstić information content (AvgIpc) is 2.86. The van der Waals surface area contributed by atoms with Crippen molar-refractivity contribution in [2.75, 3.05) is 31.1 Å². The number of aromatic nitrogens is 2. The number of hydrogen-bond acceptors (Lipinski definition) is 6. The van der Waals surface area contributed by atoms with Crippen molar-refractivity contribution >= 4 is 23.6 Å². The number of rotatable bonds is 6. The van der Waals surface area contributed by atoms with Crippen LogP contribution in [0.5, 0.6) is 5.75 Å². The van der Waals surface area contributed by atoms with Crippen LogP contribution in [0.25, 0.3) is 0 Å². The van der Waals surface area contributed by atoms with Crippen molar-refractivity contribution in [3.63, 3.8) is 0 Å². The van der Waals surface area contributed by atoms with Crippen molar-refractivity contribution in [2.24, 2.45) is 5.92 Å². The molecule has 0 unspecified atom stereocenters. The van der Waals surface area contributed by atoms with Gasteiger partial charge >= 0.3 is 0 Å². The molecular formula is C28H39ClN4O3. The van der Waals surface area contributed by atoms with Crippen molar-refractivity contribution in [3.8, 4) is 5.75 Å². The number of benzene rings is 1. The molecule has 196 valence electrons. The Labute approximate surface area is 220 Å². The number of carboxylic acid groups (broad SMARTS) is 1. The van der Waals surface area contributed by atoms with Crippen LogP contribution in [-0.4, -0.2) is 58.4 Å². The molecule has 1 amide bonds. The van der Waals surface area contributed by atoms with E-state index in [1.165, 1.54) is 5.56 Å². The van der Waals surface area contributed by atoms with E-state index in [0.29, 0.717) is 24.0 Å². The lowest BCUT2D eigenvalue weighted by atomic mass is 9.86. The van der Waals surface area contributed by atoms with Crippen LogP contribution < -0.4 is 14.7 Å². The summed E-state index contributed by atoms with van der Waals surface area (Å²) in [7, 11) is 0. The second kappa shape index (κ2) is 10.9. The monoisotopic (exact) mass is 514 g/mol. The SMILES string of the molecule is CCc1cnc(N2CCC(Oc3ccc(CC4CC[N+](C(=O)[O-])(C(C)(C)C)CC4)cc3Cl)CC2)nc1. The van der Waals surface area contributed by atoms with Crippen molar-refractivity contribution in [1.29, 1.82) is 0 Å². The number of quaternary nitrogens is 1. The van der Waals surface area contributed by atoms with Gasteiger partial charge in [-0.15, -0.1) is 0 Å². The number of amides is 1. The zero-order valence-corrected chi connectivity index (χ0v) is 22.8. The van der Waals surface area contributed by atoms with Gasteiger partial charge in [0.25, 0.3) is 6.09 Å². The van der Waals surface area contributed by atoms with Gasteiger partial charge in [-0.2, -0.15) is 0 Å². The van der Waals surface area contributed by atoms with Crippen molar-refractivity contribution < 1.29 is 19.1 Å². The Hall–Kier alpha value is -2.38. The maximum absolute atomic E-state index is 12.0. The molecule has 2 aliphatic heterocycles. The van der Waals surface area contributed by atoms with Crippen LogP contribution in [0.3, 0.4) is 0 Å². The molecule has 7 nitrogen and oxygen atoms in total. The van der Waals surface area contributed by atoms with Crippen LogP contribution in [0.1, 0.15) is 64.5 Å². The highest BCUT2D eigenvalue weighted by Gasteiger charge is 2.45. The first-order valence-electron chi connectivity index (χ1n) is 13.2. The van der Waals surface area contributed by atoms with E-state index in [9.17, 15) is 9.90 Å². The molecule has 3 heterocycles. The summed E-state index contributed by atoms with van der Waals surface area (Å²) in [4.78, 5) is 23.2. The van der Waals surface area contributed by atoms with Crippen LogP contribution >= 0.6 is 11.6 Å². The van der Waals surface area contributed by atoms with Gasteiger partial charge in [0.15, 0.2) is 0 Å². The van der Waals surface area contributed by atoms with E-state index in [2.05, 4.69) is 27.9 Å². The summed E-state index contributed by atoms with van der Waals surface area (Å²) in [5.74, 6) is 1.96. The number of likely N-dealkylation sites (tertiary alicyclic amines) is 1. The number of carbonyl (C=O) groups excluding carboxylic acids is 1. The Kier molecular flexibility index (Phi) is 8.10. The molecule has 4 rings (SSSR count). The lowest BCUT2D eigenvalue weighted by Gasteiger charge is -2.51. The largest absolute Gasteiger partial charge is 0.498 e. The van der Waals surface area contributed by atoms with Gasteiger partial charge in [0.05, 0.1) is 23.7 Å². The van der Waals surface area contributed by atoms with E-state index in [-0.39, 0.29) is 16.1 Å². The normalized spacial score (nSPS) is 23.5. The second-order valence-corrected chi connectivity index (χ2v) is 11.7. The van der Waals surface area contributed by atoms with Gasteiger partial charge in [0, 0.05) is 51.2 Å². The van der Waals surface area contributed by atoms with E-state index in [0.717, 1.165) is 68.9 Å². The number of anilines is 1. The Morgan fingerprint density at radius 3 is 2.28 bits per heavy atom. The van der Waals surface area contributed by atoms with Gasteiger partial charge < -0.3 is 19.5 Å². The first kappa shape index (κ1) is 26.7. The summed E-state index contributed by atoms with van der Waals surface area (Å²) >= 11 is 6.62. The Morgan fingerprint density at radius 1 is 1.11 bits per heavy atom. The van der Waals surface area contributed by atoms with Gasteiger partial charge in [-0.05, 0) is 62.8 Å². The fourth-order valence-electron chi connectivity index (χ4n) is 5.54. The quantitative estimate of drug-likeness (QED) is 0.522. The number of halogens is 1. The van der Waals surface area contributed by atoms with Gasteiger partial charge in [-0.3, -0.25) is 4.48 Å². The number of hydrogen-bond donors (Lipinski definition) is 0. The Morgan fingerprint density at radius 2 is 1.75 bits per heavy atom. The minimum Gasteiger partial charge on any atom is -0.498 e. The van der Waals surface area contributed by atoms with Crippen LogP contribution in [0.15, 0.2) is 30.6 Å². The summed E-state index contributed by atoms with van der Waals surface area (Å²) in [6.45, 7) is 11.0. The molecule has 1 aromatic carbocycles. The maximum atomic E-state index is 12.0. The smallest absolute Gasteiger partial charge is 0.257 e. The minimum atomic E-state index is -0.960. The fraction of sp³-hybridized carbons (Fsp3) is 0.607. The molecule has 0 radical (unpaired) electrons. The molecule has 0 N–H and O–H groups in total. The van der Waals surface area contributed by atoms with E-state index < -0.39 is 6.09 Å². The summed E-state index contributed by atoms with van der Waals surface area (Å²) in [5.41, 5.74) is 1.95. The number of piperidine rings is 2. The van der Waals surface area contributed by atoms with Gasteiger partial charge in [-0.1, -0.05) is 24.6 Å². The molecule has 36 heavy (non-hydrogen) atoms. The molecule has 2 aromatic rings. The number of nitrogens with zero attached hydrogens (tertiary/aromatic N) is 4. The predicted octanol–water partition coefficient (Wildman–Crippen LogP) is 4.65. The zero-order valence-electron chi connectivity index (χ0n) is 22.0. The molecule has 0 spiro atoms. The molecule has 8 heteroatoms. The molecule has 0 saturated carbocycles. The molecule has 0 bridgehead atoms. The summed E-state index contributed by atoms with van der Waals surface area (Å²) in [5, 5.41) is 12.6. The lowest BCUT2D eigenvalue weighted by molar-refractivity contribution is -0.924. The summed E-state index contributed by atoms with van der Waals surface area (Å²) in [6, 6.07) is 6.09. The summed E-state index contributed by atoms with van der Waals surface area (Å²) < 4.78 is 6.30. The third-order valence-electron chi connectivity index (χ3n) is 8.11. The first-order chi connectivity index (χ1) is 17.1. The highest BCUT2D eigenvalue weighted by atomic mass is 35.5. The van der Waals surface area contributed by atoms with Crippen LogP contribution in [0.2, 0.25) is 5.02 Å². The molecule has 0 atom stereocenters. The van der Waals surface area contributed by atoms with E-state index in [4.69, 9.17) is 16.3 Å². The lowest BCUT2D eigenvalue weighted by Crippen LogP contribution is -2.70. The predicted molar refractivity (Wildman–Crippen MR) is 140 cm³/mol. The molecular weight excluding hydrogens is 476 g/mol. The number of ether oxygens (including phenoxy) is 1. The summed E-state index contributed by atoms with van der Waals surface area (Å²) in [6.07, 6.45) is 8.32. The Bertz CT molecular complexity index is 1040. The molecule has 2 aliphatic rings. The van der Waals surface area contributed by atoms with Crippen molar-refractivity contribution in [2.45, 2.75) is 77.9 Å². The third-order valence-corrected chi connectivity index (χ3v) is 8.41. The van der Waals surface area contributed by atoms with Gasteiger partial charge in [0.1, 0.15) is 11.9 Å². The zero-order chi connectivity index (χ0) is 25.9. The number of aryl methyl sites for hydroxylation is 1. The number of carbonyl (C=O) groups is 1. The minimum absolute atomic E-state index is 0.0338. The fourth-order valence-corrected chi connectivity index (χ4v) is 5.79. The molecule has 2 saturated heterocycles. The molecule has 0 aliphatic carbocycles. The first-order valence-corrected chi connectivity index (χ1v) is 13.6. The van der Waals surface area contributed by atoms with Gasteiger partial charge in [-0.25, -0.2) is 9.97 Å². The Balaban J connectivity index is 1.29. The van der Waals surface area contributed by atoms with Crippen molar-refractivity contribution in [1.82, 2.24) is 9.97 Å².